The van der Waals surface area contributed by atoms with Crippen molar-refractivity contribution in [2.45, 2.75) is 37.8 Å². The van der Waals surface area contributed by atoms with E-state index in [-0.39, 0.29) is 42.1 Å². The summed E-state index contributed by atoms with van der Waals surface area (Å²) in [5, 5.41) is 16.5. The molecule has 0 radical (unpaired) electrons. The first-order valence-electron chi connectivity index (χ1n) is 10.8. The van der Waals surface area contributed by atoms with E-state index in [4.69, 9.17) is 9.47 Å². The Balaban J connectivity index is 0.00000272. The van der Waals surface area contributed by atoms with Crippen molar-refractivity contribution in [3.8, 4) is 11.5 Å². The molecule has 3 N–H and O–H groups in total. The molecule has 3 aliphatic heterocycles. The summed E-state index contributed by atoms with van der Waals surface area (Å²) in [5.41, 5.74) is 0.333. The number of rotatable bonds is 7. The molecule has 4 atom stereocenters. The predicted octanol–water partition coefficient (Wildman–Crippen LogP) is 1.56. The van der Waals surface area contributed by atoms with Gasteiger partial charge in [-0.2, -0.15) is 0 Å². The number of carbonyl (C=O) groups is 2. The normalized spacial score (nSPS) is 27.1. The predicted molar refractivity (Wildman–Crippen MR) is 118 cm³/mol. The second kappa shape index (κ2) is 10.5. The minimum atomic E-state index is -0.283. The van der Waals surface area contributed by atoms with Crippen LogP contribution in [0.15, 0.2) is 18.2 Å². The standard InChI is InChI=1S/C22H31N3O5.ClH/c1-29-5-6-30-18-9-14(8-17(26)10-18)22(28)24-13-20-16-7-15(11-23-12-16)19-3-2-4-21(27)25(19)20;/h8-10,15-16,19-20,23,26H,2-7,11-13H2,1H3,(H,24,28);1H/t15-,16+,19+,20+;/m1./s1. The maximum atomic E-state index is 12.8. The fraction of sp³-hybridized carbons (Fsp3) is 0.636. The summed E-state index contributed by atoms with van der Waals surface area (Å²) >= 11 is 0. The van der Waals surface area contributed by atoms with Crippen LogP contribution in [0.3, 0.4) is 0 Å². The van der Waals surface area contributed by atoms with Gasteiger partial charge in [-0.3, -0.25) is 9.59 Å². The van der Waals surface area contributed by atoms with Gasteiger partial charge in [0.25, 0.3) is 5.91 Å². The zero-order chi connectivity index (χ0) is 21.1. The van der Waals surface area contributed by atoms with Gasteiger partial charge in [0.15, 0.2) is 0 Å². The minimum absolute atomic E-state index is 0. The highest BCUT2D eigenvalue weighted by atomic mass is 35.5. The lowest BCUT2D eigenvalue weighted by atomic mass is 9.72. The van der Waals surface area contributed by atoms with E-state index in [1.54, 1.807) is 13.2 Å². The zero-order valence-corrected chi connectivity index (χ0v) is 18.7. The summed E-state index contributed by atoms with van der Waals surface area (Å²) in [6.07, 6.45) is 3.70. The van der Waals surface area contributed by atoms with Crippen molar-refractivity contribution in [1.82, 2.24) is 15.5 Å². The highest BCUT2D eigenvalue weighted by Crippen LogP contribution is 2.39. The maximum absolute atomic E-state index is 12.8. The van der Waals surface area contributed by atoms with Crippen molar-refractivity contribution in [2.24, 2.45) is 11.8 Å². The molecule has 3 fully saturated rings. The van der Waals surface area contributed by atoms with E-state index in [0.717, 1.165) is 32.4 Å². The molecule has 3 aliphatic rings. The molecule has 2 bridgehead atoms. The van der Waals surface area contributed by atoms with Crippen LogP contribution in [0.4, 0.5) is 0 Å². The molecule has 1 aromatic carbocycles. The molecule has 0 saturated carbocycles. The summed E-state index contributed by atoms with van der Waals surface area (Å²) in [7, 11) is 1.58. The number of benzene rings is 1. The average Bonchev–Trinajstić information content (AvgIpc) is 2.74. The second-order valence-corrected chi connectivity index (χ2v) is 8.51. The zero-order valence-electron chi connectivity index (χ0n) is 17.8. The first-order chi connectivity index (χ1) is 14.6. The summed E-state index contributed by atoms with van der Waals surface area (Å²) in [6, 6.07) is 4.79. The molecule has 4 rings (SSSR count). The number of phenols is 1. The Morgan fingerprint density at radius 2 is 2.06 bits per heavy atom. The van der Waals surface area contributed by atoms with E-state index in [1.165, 1.54) is 12.1 Å². The van der Waals surface area contributed by atoms with Crippen LogP contribution in [0.5, 0.6) is 11.5 Å². The molecule has 2 amide bonds. The maximum Gasteiger partial charge on any atom is 0.251 e. The molecule has 3 saturated heterocycles. The first-order valence-corrected chi connectivity index (χ1v) is 10.8. The lowest BCUT2D eigenvalue weighted by Gasteiger charge is -2.54. The van der Waals surface area contributed by atoms with Crippen molar-refractivity contribution in [2.75, 3.05) is 40.0 Å². The number of ether oxygens (including phenoxy) is 2. The number of phenolic OH excluding ortho intramolecular Hbond substituents is 1. The van der Waals surface area contributed by atoms with Crippen LogP contribution < -0.4 is 15.4 Å². The van der Waals surface area contributed by atoms with Crippen LogP contribution in [-0.2, 0) is 9.53 Å². The van der Waals surface area contributed by atoms with Gasteiger partial charge < -0.3 is 30.1 Å². The van der Waals surface area contributed by atoms with Crippen molar-refractivity contribution in [1.29, 1.82) is 0 Å². The molecule has 0 unspecified atom stereocenters. The summed E-state index contributed by atoms with van der Waals surface area (Å²) < 4.78 is 10.5. The highest BCUT2D eigenvalue weighted by molar-refractivity contribution is 5.95. The van der Waals surface area contributed by atoms with E-state index in [9.17, 15) is 14.7 Å². The summed E-state index contributed by atoms with van der Waals surface area (Å²) in [6.45, 7) is 3.00. The van der Waals surface area contributed by atoms with E-state index in [0.29, 0.717) is 49.3 Å². The van der Waals surface area contributed by atoms with Crippen molar-refractivity contribution in [3.63, 3.8) is 0 Å². The van der Waals surface area contributed by atoms with Gasteiger partial charge in [0.2, 0.25) is 5.91 Å². The number of hydrogen-bond acceptors (Lipinski definition) is 6. The molecule has 0 aliphatic carbocycles. The molecule has 0 aromatic heterocycles. The number of fused-ring (bicyclic) bond motifs is 4. The molecular weight excluding hydrogens is 422 g/mol. The van der Waals surface area contributed by atoms with Crippen LogP contribution in [0.25, 0.3) is 0 Å². The summed E-state index contributed by atoms with van der Waals surface area (Å²) in [5.74, 6) is 1.18. The van der Waals surface area contributed by atoms with Gasteiger partial charge in [0.1, 0.15) is 18.1 Å². The van der Waals surface area contributed by atoms with E-state index in [2.05, 4.69) is 15.5 Å². The first kappa shape index (κ1) is 23.6. The Bertz CT molecular complexity index is 792. The Morgan fingerprint density at radius 1 is 1.26 bits per heavy atom. The Labute approximate surface area is 189 Å². The molecule has 1 aromatic rings. The molecule has 0 spiro atoms. The summed E-state index contributed by atoms with van der Waals surface area (Å²) in [4.78, 5) is 27.6. The van der Waals surface area contributed by atoms with Crippen molar-refractivity contribution >= 4 is 24.2 Å². The van der Waals surface area contributed by atoms with Crippen LogP contribution in [0, 0.1) is 11.8 Å². The monoisotopic (exact) mass is 453 g/mol. The van der Waals surface area contributed by atoms with Gasteiger partial charge in [0, 0.05) is 44.3 Å². The van der Waals surface area contributed by atoms with Crippen LogP contribution in [0.2, 0.25) is 0 Å². The van der Waals surface area contributed by atoms with E-state index < -0.39 is 0 Å². The highest BCUT2D eigenvalue weighted by Gasteiger charge is 2.47. The SMILES string of the molecule is COCCOc1cc(O)cc(C(=O)NC[C@H]2[C@@H]3CNC[C@@H](C3)[C@@H]3CCCC(=O)N32)c1.Cl. The molecule has 9 heteroatoms. The number of piperidine rings is 3. The van der Waals surface area contributed by atoms with E-state index in [1.807, 2.05) is 0 Å². The molecule has 8 nitrogen and oxygen atoms in total. The molecular formula is C22H32ClN3O5. The fourth-order valence-corrected chi connectivity index (χ4v) is 5.24. The quantitative estimate of drug-likeness (QED) is 0.542. The Kier molecular flexibility index (Phi) is 8.02. The van der Waals surface area contributed by atoms with Gasteiger partial charge in [-0.25, -0.2) is 0 Å². The number of methoxy groups -OCH3 is 1. The largest absolute Gasteiger partial charge is 0.508 e. The third-order valence-electron chi connectivity index (χ3n) is 6.58. The van der Waals surface area contributed by atoms with E-state index >= 15 is 0 Å². The van der Waals surface area contributed by atoms with Gasteiger partial charge in [-0.15, -0.1) is 12.4 Å². The number of amides is 2. The number of halogens is 1. The number of aromatic hydroxyl groups is 1. The van der Waals surface area contributed by atoms with Gasteiger partial charge in [-0.05, 0) is 49.8 Å². The van der Waals surface area contributed by atoms with Gasteiger partial charge >= 0.3 is 0 Å². The average molecular weight is 454 g/mol. The number of carbonyl (C=O) groups excluding carboxylic acids is 2. The van der Waals surface area contributed by atoms with Gasteiger partial charge in [0.05, 0.1) is 12.6 Å². The molecule has 31 heavy (non-hydrogen) atoms. The third kappa shape index (κ3) is 5.25. The van der Waals surface area contributed by atoms with Crippen LogP contribution in [0.1, 0.15) is 36.0 Å². The Hall–Kier alpha value is -2.03. The van der Waals surface area contributed by atoms with Crippen molar-refractivity contribution < 1.29 is 24.2 Å². The van der Waals surface area contributed by atoms with Crippen LogP contribution >= 0.6 is 12.4 Å². The number of nitrogens with one attached hydrogen (secondary N) is 2. The number of hydrogen-bond donors (Lipinski definition) is 3. The minimum Gasteiger partial charge on any atom is -0.508 e. The van der Waals surface area contributed by atoms with Crippen molar-refractivity contribution in [3.05, 3.63) is 23.8 Å². The smallest absolute Gasteiger partial charge is 0.251 e. The second-order valence-electron chi connectivity index (χ2n) is 8.51. The topological polar surface area (TPSA) is 100 Å². The fourth-order valence-electron chi connectivity index (χ4n) is 5.24. The number of nitrogens with zero attached hydrogens (tertiary/aromatic N) is 1. The Morgan fingerprint density at radius 3 is 2.87 bits per heavy atom. The lowest BCUT2D eigenvalue weighted by Crippen LogP contribution is -2.66. The molecule has 3 heterocycles. The molecule has 172 valence electrons. The lowest BCUT2D eigenvalue weighted by molar-refractivity contribution is -0.148. The van der Waals surface area contributed by atoms with Gasteiger partial charge in [-0.1, -0.05) is 0 Å². The third-order valence-corrected chi connectivity index (χ3v) is 6.58. The van der Waals surface area contributed by atoms with Crippen LogP contribution in [-0.4, -0.2) is 73.9 Å².